The monoisotopic (exact) mass is 402 g/mol. The second kappa shape index (κ2) is 7.48. The zero-order valence-corrected chi connectivity index (χ0v) is 16.2. The van der Waals surface area contributed by atoms with Crippen LogP contribution in [-0.4, -0.2) is 19.7 Å². The van der Waals surface area contributed by atoms with Crippen LogP contribution in [0.4, 0.5) is 0 Å². The average molecular weight is 402 g/mol. The Hall–Kier alpha value is -3.93. The molecule has 2 aliphatic heterocycles. The van der Waals surface area contributed by atoms with Crippen LogP contribution in [-0.2, 0) is 6.61 Å². The van der Waals surface area contributed by atoms with Crippen LogP contribution in [0.15, 0.2) is 66.4 Å². The van der Waals surface area contributed by atoms with Crippen molar-refractivity contribution < 1.29 is 28.5 Å². The number of ether oxygens (including phenoxy) is 5. The molecule has 3 aromatic rings. The van der Waals surface area contributed by atoms with Crippen LogP contribution >= 0.6 is 0 Å². The fourth-order valence-electron chi connectivity index (χ4n) is 3.30. The van der Waals surface area contributed by atoms with E-state index < -0.39 is 0 Å². The molecule has 0 aromatic heterocycles. The highest BCUT2D eigenvalue weighted by molar-refractivity contribution is 6.14. The number of allylic oxidation sites excluding steroid dienone is 1. The molecule has 2 heterocycles. The van der Waals surface area contributed by atoms with Crippen molar-refractivity contribution in [3.05, 3.63) is 83.1 Å². The molecule has 0 unspecified atom stereocenters. The summed E-state index contributed by atoms with van der Waals surface area (Å²) in [6.07, 6.45) is 1.70. The second-order valence-electron chi connectivity index (χ2n) is 6.85. The highest BCUT2D eigenvalue weighted by Crippen LogP contribution is 2.37. The van der Waals surface area contributed by atoms with Gasteiger partial charge in [-0.1, -0.05) is 18.2 Å². The lowest BCUT2D eigenvalue weighted by Crippen LogP contribution is -1.98. The predicted octanol–water partition coefficient (Wildman–Crippen LogP) is 4.62. The first-order valence-electron chi connectivity index (χ1n) is 9.43. The Kier molecular flexibility index (Phi) is 4.52. The van der Waals surface area contributed by atoms with Crippen LogP contribution < -0.4 is 23.7 Å². The quantitative estimate of drug-likeness (QED) is 0.581. The number of carbonyl (C=O) groups is 1. The topological polar surface area (TPSA) is 63.2 Å². The van der Waals surface area contributed by atoms with Crippen LogP contribution in [0.1, 0.15) is 21.5 Å². The molecule has 6 nitrogen and oxygen atoms in total. The van der Waals surface area contributed by atoms with Gasteiger partial charge in [0, 0.05) is 6.07 Å². The molecule has 0 spiro atoms. The molecule has 0 fully saturated rings. The SMILES string of the molecule is COc1ccc(COc2ccc3c(c2)O/C(=C\c2ccc4c(c2)OCO4)C3=O)cc1. The van der Waals surface area contributed by atoms with Gasteiger partial charge in [-0.3, -0.25) is 4.79 Å². The molecule has 0 radical (unpaired) electrons. The Labute approximate surface area is 173 Å². The van der Waals surface area contributed by atoms with Crippen molar-refractivity contribution in [3.63, 3.8) is 0 Å². The number of carbonyl (C=O) groups excluding carboxylic acids is 1. The second-order valence-corrected chi connectivity index (χ2v) is 6.85. The normalized spacial score (nSPS) is 15.1. The Morgan fingerprint density at radius 3 is 2.53 bits per heavy atom. The van der Waals surface area contributed by atoms with Gasteiger partial charge in [-0.25, -0.2) is 0 Å². The number of fused-ring (bicyclic) bond motifs is 2. The molecule has 0 atom stereocenters. The summed E-state index contributed by atoms with van der Waals surface area (Å²) in [6.45, 7) is 0.603. The summed E-state index contributed by atoms with van der Waals surface area (Å²) in [6, 6.07) is 18.4. The van der Waals surface area contributed by atoms with E-state index in [0.29, 0.717) is 35.2 Å². The van der Waals surface area contributed by atoms with Crippen LogP contribution in [0.5, 0.6) is 28.7 Å². The third-order valence-electron chi connectivity index (χ3n) is 4.90. The van der Waals surface area contributed by atoms with Gasteiger partial charge in [-0.2, -0.15) is 0 Å². The van der Waals surface area contributed by atoms with Crippen molar-refractivity contribution in [1.82, 2.24) is 0 Å². The highest BCUT2D eigenvalue weighted by Gasteiger charge is 2.28. The molecule has 0 saturated heterocycles. The minimum absolute atomic E-state index is 0.163. The Morgan fingerprint density at radius 2 is 1.70 bits per heavy atom. The number of ketones is 1. The molecular formula is C24H18O6. The van der Waals surface area contributed by atoms with Gasteiger partial charge >= 0.3 is 0 Å². The summed E-state index contributed by atoms with van der Waals surface area (Å²) in [4.78, 5) is 12.7. The Balaban J connectivity index is 1.31. The molecule has 6 heteroatoms. The number of rotatable bonds is 5. The predicted molar refractivity (Wildman–Crippen MR) is 109 cm³/mol. The van der Waals surface area contributed by atoms with E-state index in [-0.39, 0.29) is 18.3 Å². The lowest BCUT2D eigenvalue weighted by atomic mass is 10.1. The van der Waals surface area contributed by atoms with Gasteiger partial charge < -0.3 is 23.7 Å². The molecule has 5 rings (SSSR count). The van der Waals surface area contributed by atoms with Gasteiger partial charge in [0.2, 0.25) is 12.6 Å². The van der Waals surface area contributed by atoms with Crippen molar-refractivity contribution >= 4 is 11.9 Å². The van der Waals surface area contributed by atoms with Crippen molar-refractivity contribution in [3.8, 4) is 28.7 Å². The van der Waals surface area contributed by atoms with E-state index in [1.807, 2.05) is 42.5 Å². The molecule has 0 bridgehead atoms. The van der Waals surface area contributed by atoms with Gasteiger partial charge in [0.25, 0.3) is 0 Å². The number of hydrogen-bond acceptors (Lipinski definition) is 6. The lowest BCUT2D eigenvalue weighted by molar-refractivity contribution is 0.101. The first-order valence-corrected chi connectivity index (χ1v) is 9.43. The van der Waals surface area contributed by atoms with Gasteiger partial charge in [0.15, 0.2) is 17.3 Å². The minimum atomic E-state index is -0.163. The Morgan fingerprint density at radius 1 is 0.900 bits per heavy atom. The summed E-state index contributed by atoms with van der Waals surface area (Å²) < 4.78 is 27.5. The number of benzene rings is 3. The average Bonchev–Trinajstić information content (AvgIpc) is 3.36. The maximum absolute atomic E-state index is 12.7. The smallest absolute Gasteiger partial charge is 0.231 e. The van der Waals surface area contributed by atoms with Crippen molar-refractivity contribution in [2.24, 2.45) is 0 Å². The summed E-state index contributed by atoms with van der Waals surface area (Å²) in [5.74, 6) is 3.35. The first kappa shape index (κ1) is 18.1. The molecule has 0 N–H and O–H groups in total. The summed E-state index contributed by atoms with van der Waals surface area (Å²) in [7, 11) is 1.63. The van der Waals surface area contributed by atoms with Crippen molar-refractivity contribution in [2.75, 3.05) is 13.9 Å². The van der Waals surface area contributed by atoms with E-state index >= 15 is 0 Å². The number of hydrogen-bond donors (Lipinski definition) is 0. The molecular weight excluding hydrogens is 384 g/mol. The zero-order chi connectivity index (χ0) is 20.5. The van der Waals surface area contributed by atoms with E-state index in [4.69, 9.17) is 23.7 Å². The molecule has 0 aliphatic carbocycles. The van der Waals surface area contributed by atoms with Crippen LogP contribution in [0.3, 0.4) is 0 Å². The fraction of sp³-hybridized carbons (Fsp3) is 0.125. The summed E-state index contributed by atoms with van der Waals surface area (Å²) in [5.41, 5.74) is 2.32. The third-order valence-corrected chi connectivity index (χ3v) is 4.90. The van der Waals surface area contributed by atoms with Gasteiger partial charge in [-0.15, -0.1) is 0 Å². The number of Topliss-reactive ketones (excluding diaryl/α,β-unsaturated/α-hetero) is 1. The molecule has 30 heavy (non-hydrogen) atoms. The minimum Gasteiger partial charge on any atom is -0.497 e. The third kappa shape index (κ3) is 3.43. The number of methoxy groups -OCH3 is 1. The standard InChI is InChI=1S/C24H18O6/c1-26-17-5-2-15(3-6-17)13-27-18-7-8-19-21(12-18)30-23(24(19)25)11-16-4-9-20-22(10-16)29-14-28-20/h2-12H,13-14H2,1H3/b23-11-. The van der Waals surface area contributed by atoms with E-state index in [1.54, 1.807) is 31.4 Å². The van der Waals surface area contributed by atoms with Crippen LogP contribution in [0.2, 0.25) is 0 Å². The first-order chi connectivity index (χ1) is 14.7. The molecule has 3 aromatic carbocycles. The molecule has 150 valence electrons. The van der Waals surface area contributed by atoms with Gasteiger partial charge in [0.1, 0.15) is 23.9 Å². The Bertz CT molecular complexity index is 1150. The largest absolute Gasteiger partial charge is 0.497 e. The van der Waals surface area contributed by atoms with Crippen LogP contribution in [0.25, 0.3) is 6.08 Å². The van der Waals surface area contributed by atoms with E-state index in [0.717, 1.165) is 16.9 Å². The van der Waals surface area contributed by atoms with E-state index in [1.165, 1.54) is 0 Å². The lowest BCUT2D eigenvalue weighted by Gasteiger charge is -2.08. The summed E-state index contributed by atoms with van der Waals surface area (Å²) >= 11 is 0. The molecule has 0 saturated carbocycles. The zero-order valence-electron chi connectivity index (χ0n) is 16.2. The van der Waals surface area contributed by atoms with Gasteiger partial charge in [0.05, 0.1) is 12.7 Å². The van der Waals surface area contributed by atoms with E-state index in [9.17, 15) is 4.79 Å². The molecule has 0 amide bonds. The van der Waals surface area contributed by atoms with Crippen LogP contribution in [0, 0.1) is 0 Å². The maximum atomic E-state index is 12.7. The summed E-state index contributed by atoms with van der Waals surface area (Å²) in [5, 5.41) is 0. The van der Waals surface area contributed by atoms with E-state index in [2.05, 4.69) is 0 Å². The fourth-order valence-corrected chi connectivity index (χ4v) is 3.30. The van der Waals surface area contributed by atoms with Crippen molar-refractivity contribution in [2.45, 2.75) is 6.61 Å². The molecule has 2 aliphatic rings. The highest BCUT2D eigenvalue weighted by atomic mass is 16.7. The van der Waals surface area contributed by atoms with Crippen molar-refractivity contribution in [1.29, 1.82) is 0 Å². The van der Waals surface area contributed by atoms with Gasteiger partial charge in [-0.05, 0) is 53.6 Å². The maximum Gasteiger partial charge on any atom is 0.231 e.